The van der Waals surface area contributed by atoms with E-state index in [9.17, 15) is 13.6 Å². The second kappa shape index (κ2) is 7.40. The van der Waals surface area contributed by atoms with Crippen LogP contribution in [-0.4, -0.2) is 30.8 Å². The number of halogens is 2. The summed E-state index contributed by atoms with van der Waals surface area (Å²) < 4.78 is 35.2. The first-order valence-corrected chi connectivity index (χ1v) is 7.17. The zero-order valence-corrected chi connectivity index (χ0v) is 12.1. The van der Waals surface area contributed by atoms with Gasteiger partial charge < -0.3 is 20.3 Å². The number of alkyl halides is 2. The van der Waals surface area contributed by atoms with Crippen LogP contribution < -0.4 is 15.2 Å². The molecule has 1 aromatic carbocycles. The standard InChI is InChI=1S/C15H19F2NO4/c16-15(17)22-12-6-5-11(14(18)20)10(2-1-7-19)13(12)21-8-9-3-4-9/h5-6,9,15,19H,1-4,7-8H2,(H2,18,20). The molecule has 1 aliphatic carbocycles. The minimum atomic E-state index is -2.99. The molecule has 1 fully saturated rings. The number of nitrogens with two attached hydrogens (primary N) is 1. The third-order valence-corrected chi connectivity index (χ3v) is 3.45. The summed E-state index contributed by atoms with van der Waals surface area (Å²) in [6.45, 7) is -2.71. The van der Waals surface area contributed by atoms with E-state index in [1.807, 2.05) is 0 Å². The minimum absolute atomic E-state index is 0.0970. The van der Waals surface area contributed by atoms with Crippen molar-refractivity contribution in [2.45, 2.75) is 32.3 Å². The maximum atomic E-state index is 12.5. The highest BCUT2D eigenvalue weighted by Crippen LogP contribution is 2.38. The lowest BCUT2D eigenvalue weighted by Gasteiger charge is -2.18. The highest BCUT2D eigenvalue weighted by atomic mass is 19.3. The van der Waals surface area contributed by atoms with Crippen molar-refractivity contribution in [1.29, 1.82) is 0 Å². The number of aliphatic hydroxyl groups excluding tert-OH is 1. The first-order chi connectivity index (χ1) is 10.5. The third kappa shape index (κ3) is 4.30. The van der Waals surface area contributed by atoms with Gasteiger partial charge in [-0.1, -0.05) is 0 Å². The van der Waals surface area contributed by atoms with Gasteiger partial charge in [-0.2, -0.15) is 8.78 Å². The van der Waals surface area contributed by atoms with Crippen LogP contribution in [0.2, 0.25) is 0 Å². The van der Waals surface area contributed by atoms with Gasteiger partial charge in [-0.15, -0.1) is 0 Å². The second-order valence-electron chi connectivity index (χ2n) is 5.24. The van der Waals surface area contributed by atoms with E-state index in [1.54, 1.807) is 0 Å². The van der Waals surface area contributed by atoms with Crippen LogP contribution in [0.4, 0.5) is 8.78 Å². The van der Waals surface area contributed by atoms with Crippen LogP contribution in [0.5, 0.6) is 11.5 Å². The summed E-state index contributed by atoms with van der Waals surface area (Å²) in [6, 6.07) is 2.60. The molecular formula is C15H19F2NO4. The lowest BCUT2D eigenvalue weighted by Crippen LogP contribution is -2.16. The van der Waals surface area contributed by atoms with E-state index < -0.39 is 12.5 Å². The summed E-state index contributed by atoms with van der Waals surface area (Å²) >= 11 is 0. The highest BCUT2D eigenvalue weighted by molar-refractivity contribution is 5.95. The minimum Gasteiger partial charge on any atom is -0.489 e. The Balaban J connectivity index is 2.36. The van der Waals surface area contributed by atoms with Gasteiger partial charge in [0.15, 0.2) is 11.5 Å². The molecule has 22 heavy (non-hydrogen) atoms. The van der Waals surface area contributed by atoms with E-state index in [1.165, 1.54) is 12.1 Å². The van der Waals surface area contributed by atoms with Crippen LogP contribution in [0.3, 0.4) is 0 Å². The van der Waals surface area contributed by atoms with Gasteiger partial charge in [0.05, 0.1) is 6.61 Å². The topological polar surface area (TPSA) is 81.8 Å². The van der Waals surface area contributed by atoms with Crippen LogP contribution in [0, 0.1) is 5.92 Å². The van der Waals surface area contributed by atoms with Crippen molar-refractivity contribution in [1.82, 2.24) is 0 Å². The van der Waals surface area contributed by atoms with Gasteiger partial charge >= 0.3 is 6.61 Å². The summed E-state index contributed by atoms with van der Waals surface area (Å²) in [5.41, 5.74) is 5.93. The Labute approximate surface area is 127 Å². The lowest BCUT2D eigenvalue weighted by molar-refractivity contribution is -0.0516. The quantitative estimate of drug-likeness (QED) is 0.731. The first kappa shape index (κ1) is 16.5. The van der Waals surface area contributed by atoms with Crippen molar-refractivity contribution in [3.8, 4) is 11.5 Å². The smallest absolute Gasteiger partial charge is 0.387 e. The molecular weight excluding hydrogens is 296 g/mol. The number of rotatable bonds is 9. The Kier molecular flexibility index (Phi) is 5.54. The summed E-state index contributed by atoms with van der Waals surface area (Å²) in [5.74, 6) is -0.263. The van der Waals surface area contributed by atoms with E-state index in [0.29, 0.717) is 24.5 Å². The van der Waals surface area contributed by atoms with Crippen LogP contribution >= 0.6 is 0 Å². The van der Waals surface area contributed by atoms with E-state index in [2.05, 4.69) is 4.74 Å². The molecule has 7 heteroatoms. The molecule has 1 saturated carbocycles. The predicted molar refractivity (Wildman–Crippen MR) is 75.2 cm³/mol. The maximum Gasteiger partial charge on any atom is 0.387 e. The SMILES string of the molecule is NC(=O)c1ccc(OC(F)F)c(OCC2CC2)c1CCCO. The maximum absolute atomic E-state index is 12.5. The molecule has 1 amide bonds. The molecule has 0 radical (unpaired) electrons. The zero-order valence-electron chi connectivity index (χ0n) is 12.1. The molecule has 5 nitrogen and oxygen atoms in total. The molecule has 0 bridgehead atoms. The van der Waals surface area contributed by atoms with Crippen LogP contribution in [0.25, 0.3) is 0 Å². The summed E-state index contributed by atoms with van der Waals surface area (Å²) in [5, 5.41) is 8.98. The van der Waals surface area contributed by atoms with Crippen molar-refractivity contribution in [3.05, 3.63) is 23.3 Å². The molecule has 122 valence electrons. The molecule has 0 unspecified atom stereocenters. The van der Waals surface area contributed by atoms with Crippen molar-refractivity contribution >= 4 is 5.91 Å². The predicted octanol–water partition coefficient (Wildman–Crippen LogP) is 2.10. The Bertz CT molecular complexity index is 533. The summed E-state index contributed by atoms with van der Waals surface area (Å²) in [7, 11) is 0. The van der Waals surface area contributed by atoms with Crippen molar-refractivity contribution in [2.75, 3.05) is 13.2 Å². The molecule has 0 atom stereocenters. The number of primary amides is 1. The fourth-order valence-electron chi connectivity index (χ4n) is 2.17. The fraction of sp³-hybridized carbons (Fsp3) is 0.533. The van der Waals surface area contributed by atoms with Gasteiger partial charge in [-0.25, -0.2) is 0 Å². The average molecular weight is 315 g/mol. The number of hydrogen-bond acceptors (Lipinski definition) is 4. The summed E-state index contributed by atoms with van der Waals surface area (Å²) in [4.78, 5) is 11.5. The fourth-order valence-corrected chi connectivity index (χ4v) is 2.17. The molecule has 2 rings (SSSR count). The van der Waals surface area contributed by atoms with Crippen LogP contribution in [-0.2, 0) is 6.42 Å². The van der Waals surface area contributed by atoms with Gasteiger partial charge in [-0.3, -0.25) is 4.79 Å². The van der Waals surface area contributed by atoms with Gasteiger partial charge in [0.1, 0.15) is 0 Å². The number of carbonyl (C=O) groups is 1. The lowest BCUT2D eigenvalue weighted by atomic mass is 10.0. The number of amides is 1. The number of aliphatic hydroxyl groups is 1. The molecule has 0 heterocycles. The highest BCUT2D eigenvalue weighted by Gasteiger charge is 2.25. The van der Waals surface area contributed by atoms with Gasteiger partial charge in [-0.05, 0) is 43.7 Å². The van der Waals surface area contributed by atoms with E-state index in [4.69, 9.17) is 15.6 Å². The van der Waals surface area contributed by atoms with Crippen LogP contribution in [0.15, 0.2) is 12.1 Å². The van der Waals surface area contributed by atoms with Gasteiger partial charge in [0, 0.05) is 17.7 Å². The Morgan fingerprint density at radius 3 is 2.68 bits per heavy atom. The van der Waals surface area contributed by atoms with Gasteiger partial charge in [0.2, 0.25) is 5.91 Å². The number of hydrogen-bond donors (Lipinski definition) is 2. The monoisotopic (exact) mass is 315 g/mol. The molecule has 0 aromatic heterocycles. The average Bonchev–Trinajstić information content (AvgIpc) is 3.27. The molecule has 0 saturated heterocycles. The first-order valence-electron chi connectivity index (χ1n) is 7.17. The van der Waals surface area contributed by atoms with Crippen LogP contribution in [0.1, 0.15) is 35.2 Å². The van der Waals surface area contributed by atoms with E-state index in [-0.39, 0.29) is 30.1 Å². The molecule has 3 N–H and O–H groups in total. The molecule has 0 aliphatic heterocycles. The van der Waals surface area contributed by atoms with Gasteiger partial charge in [0.25, 0.3) is 0 Å². The normalized spacial score (nSPS) is 14.2. The van der Waals surface area contributed by atoms with Crippen molar-refractivity contribution < 1.29 is 28.2 Å². The third-order valence-electron chi connectivity index (χ3n) is 3.45. The molecule has 1 aliphatic rings. The zero-order chi connectivity index (χ0) is 16.1. The molecule has 0 spiro atoms. The van der Waals surface area contributed by atoms with Crippen molar-refractivity contribution in [2.24, 2.45) is 11.7 Å². The van der Waals surface area contributed by atoms with E-state index in [0.717, 1.165) is 12.8 Å². The van der Waals surface area contributed by atoms with Crippen molar-refractivity contribution in [3.63, 3.8) is 0 Å². The Hall–Kier alpha value is -1.89. The summed E-state index contributed by atoms with van der Waals surface area (Å²) in [6.07, 6.45) is 2.71. The number of benzene rings is 1. The Morgan fingerprint density at radius 1 is 1.41 bits per heavy atom. The number of ether oxygens (including phenoxy) is 2. The second-order valence-corrected chi connectivity index (χ2v) is 5.24. The number of carbonyl (C=O) groups excluding carboxylic acids is 1. The molecule has 1 aromatic rings. The largest absolute Gasteiger partial charge is 0.489 e. The van der Waals surface area contributed by atoms with E-state index >= 15 is 0 Å². The Morgan fingerprint density at radius 2 is 2.14 bits per heavy atom.